The summed E-state index contributed by atoms with van der Waals surface area (Å²) < 4.78 is 29.7. The van der Waals surface area contributed by atoms with Crippen LogP contribution < -0.4 is 9.64 Å². The summed E-state index contributed by atoms with van der Waals surface area (Å²) >= 11 is 0. The fraction of sp³-hybridized carbons (Fsp3) is 0.526. The molecule has 0 saturated carbocycles. The summed E-state index contributed by atoms with van der Waals surface area (Å²) in [6.45, 7) is 17.9. The van der Waals surface area contributed by atoms with E-state index in [2.05, 4.69) is 28.6 Å². The van der Waals surface area contributed by atoms with E-state index in [0.29, 0.717) is 58.3 Å². The molecule has 0 bridgehead atoms. The predicted octanol–water partition coefficient (Wildman–Crippen LogP) is 7.03. The highest BCUT2D eigenvalue weighted by Gasteiger charge is 2.35. The van der Waals surface area contributed by atoms with Crippen LogP contribution in [0.4, 0.5) is 10.2 Å². The van der Waals surface area contributed by atoms with Crippen molar-refractivity contribution in [3.63, 3.8) is 0 Å². The molecule has 0 unspecified atom stereocenters. The van der Waals surface area contributed by atoms with Crippen LogP contribution in [0.3, 0.4) is 0 Å². The van der Waals surface area contributed by atoms with Crippen LogP contribution in [0.25, 0.3) is 33.7 Å². The largest absolute Gasteiger partial charge is 0.490 e. The van der Waals surface area contributed by atoms with E-state index in [9.17, 15) is 9.90 Å². The first-order chi connectivity index (χ1) is 23.3. The molecule has 3 aromatic heterocycles. The van der Waals surface area contributed by atoms with Gasteiger partial charge in [0.25, 0.3) is 0 Å². The van der Waals surface area contributed by atoms with Gasteiger partial charge >= 0.3 is 5.97 Å². The summed E-state index contributed by atoms with van der Waals surface area (Å²) in [5.74, 6) is 0.0615. The standard InChI is InChI=1S/C38H49FN6O4/c1-9-24(10-2)44-15-17-45(18-16-44)30-13-14-40-35(42-30)29-21-27-32(26-20-28(39)33-25(22(26)3)12-11-19-48-33)31(23(4)41-36(27)43(29)8)34(37(46)47)49-38(5,6)7/h13-14,20-21,24,34H,9-12,15-19H2,1-8H3,(H,46,47)/t34-/m0/s1. The lowest BCUT2D eigenvalue weighted by Crippen LogP contribution is -2.50. The summed E-state index contributed by atoms with van der Waals surface area (Å²) in [6.07, 6.45) is 4.18. The second kappa shape index (κ2) is 13.7. The first kappa shape index (κ1) is 34.8. The first-order valence-electron chi connectivity index (χ1n) is 17.5. The van der Waals surface area contributed by atoms with E-state index in [-0.39, 0.29) is 5.75 Å². The van der Waals surface area contributed by atoms with Crippen molar-refractivity contribution in [3.05, 3.63) is 52.6 Å². The Morgan fingerprint density at radius 1 is 1.10 bits per heavy atom. The number of piperazine rings is 1. The van der Waals surface area contributed by atoms with Crippen LogP contribution in [-0.4, -0.2) is 79.9 Å². The molecule has 1 aromatic carbocycles. The molecule has 1 fully saturated rings. The Morgan fingerprint density at radius 2 is 1.82 bits per heavy atom. The van der Waals surface area contributed by atoms with Gasteiger partial charge in [0.15, 0.2) is 23.5 Å². The predicted molar refractivity (Wildman–Crippen MR) is 190 cm³/mol. The van der Waals surface area contributed by atoms with Crippen molar-refractivity contribution in [2.75, 3.05) is 37.7 Å². The van der Waals surface area contributed by atoms with Crippen molar-refractivity contribution < 1.29 is 23.8 Å². The first-order valence-corrected chi connectivity index (χ1v) is 17.5. The Labute approximate surface area is 288 Å². The lowest BCUT2D eigenvalue weighted by Gasteiger charge is -2.39. The van der Waals surface area contributed by atoms with Gasteiger partial charge in [-0.05, 0) is 89.6 Å². The molecule has 11 heteroatoms. The van der Waals surface area contributed by atoms with Crippen molar-refractivity contribution in [2.45, 2.75) is 91.9 Å². The topological polar surface area (TPSA) is 106 Å². The van der Waals surface area contributed by atoms with Gasteiger partial charge < -0.3 is 24.0 Å². The number of nitrogens with zero attached hydrogens (tertiary/aromatic N) is 6. The SMILES string of the molecule is CCC(CC)N1CCN(c2ccnc(-c3cc4c(-c5cc(F)c6c(c5C)CCCO6)c([C@H](OC(C)(C)C)C(=O)O)c(C)nc4n3C)n2)CC1. The minimum absolute atomic E-state index is 0.275. The summed E-state index contributed by atoms with van der Waals surface area (Å²) in [5.41, 5.74) is 4.28. The van der Waals surface area contributed by atoms with Crippen LogP contribution >= 0.6 is 0 Å². The van der Waals surface area contributed by atoms with Gasteiger partial charge in [0.2, 0.25) is 0 Å². The molecule has 49 heavy (non-hydrogen) atoms. The van der Waals surface area contributed by atoms with Crippen LogP contribution in [0.2, 0.25) is 0 Å². The van der Waals surface area contributed by atoms with E-state index in [0.717, 1.165) is 68.1 Å². The summed E-state index contributed by atoms with van der Waals surface area (Å²) in [6, 6.07) is 5.98. The van der Waals surface area contributed by atoms with Crippen LogP contribution in [0.15, 0.2) is 24.4 Å². The summed E-state index contributed by atoms with van der Waals surface area (Å²) in [4.78, 5) is 32.5. The number of carboxylic acid groups (broad SMARTS) is 1. The molecular formula is C38H49FN6O4. The average Bonchev–Trinajstić information content (AvgIpc) is 3.40. The molecule has 0 spiro atoms. The number of pyridine rings is 1. The zero-order valence-corrected chi connectivity index (χ0v) is 30.1. The molecule has 2 aliphatic rings. The maximum Gasteiger partial charge on any atom is 0.337 e. The van der Waals surface area contributed by atoms with Gasteiger partial charge in [0, 0.05) is 73.2 Å². The molecule has 0 amide bonds. The minimum atomic E-state index is -1.34. The molecule has 0 radical (unpaired) electrons. The molecule has 6 rings (SSSR count). The number of ether oxygens (including phenoxy) is 2. The molecule has 0 aliphatic carbocycles. The molecule has 5 heterocycles. The van der Waals surface area contributed by atoms with Gasteiger partial charge in [-0.15, -0.1) is 0 Å². The Hall–Kier alpha value is -4.09. The van der Waals surface area contributed by atoms with Gasteiger partial charge in [-0.25, -0.2) is 24.1 Å². The van der Waals surface area contributed by atoms with Gasteiger partial charge in [0.05, 0.1) is 17.9 Å². The molecule has 10 nitrogen and oxygen atoms in total. The lowest BCUT2D eigenvalue weighted by molar-refractivity contribution is -0.160. The highest BCUT2D eigenvalue weighted by atomic mass is 19.1. The smallest absolute Gasteiger partial charge is 0.337 e. The monoisotopic (exact) mass is 672 g/mol. The molecule has 1 N–H and O–H groups in total. The average molecular weight is 673 g/mol. The van der Waals surface area contributed by atoms with Gasteiger partial charge in [-0.3, -0.25) is 4.90 Å². The minimum Gasteiger partial charge on any atom is -0.490 e. The highest BCUT2D eigenvalue weighted by molar-refractivity contribution is 6.01. The third-order valence-corrected chi connectivity index (χ3v) is 10.0. The Bertz CT molecular complexity index is 1870. The van der Waals surface area contributed by atoms with E-state index in [4.69, 9.17) is 19.4 Å². The fourth-order valence-corrected chi connectivity index (χ4v) is 7.56. The van der Waals surface area contributed by atoms with Crippen molar-refractivity contribution in [1.82, 2.24) is 24.4 Å². The number of carbonyl (C=O) groups is 1. The van der Waals surface area contributed by atoms with Crippen molar-refractivity contribution in [3.8, 4) is 28.4 Å². The fourth-order valence-electron chi connectivity index (χ4n) is 7.56. The number of anilines is 1. The highest BCUT2D eigenvalue weighted by Crippen LogP contribution is 2.45. The Balaban J connectivity index is 1.52. The number of fused-ring (bicyclic) bond motifs is 2. The lowest BCUT2D eigenvalue weighted by atomic mass is 9.86. The van der Waals surface area contributed by atoms with Crippen LogP contribution in [-0.2, 0) is 23.0 Å². The molecule has 1 saturated heterocycles. The van der Waals surface area contributed by atoms with Crippen LogP contribution in [0.5, 0.6) is 5.75 Å². The number of halogens is 1. The number of hydrogen-bond acceptors (Lipinski definition) is 8. The number of aryl methyl sites for hydroxylation is 2. The normalized spacial score (nSPS) is 16.2. The third-order valence-electron chi connectivity index (χ3n) is 10.0. The number of aromatic nitrogens is 4. The molecule has 2 aliphatic heterocycles. The van der Waals surface area contributed by atoms with Gasteiger partial charge in [-0.1, -0.05) is 13.8 Å². The van der Waals surface area contributed by atoms with E-state index in [1.165, 1.54) is 6.07 Å². The Morgan fingerprint density at radius 3 is 2.47 bits per heavy atom. The molecular weight excluding hydrogens is 623 g/mol. The number of rotatable bonds is 9. The van der Waals surface area contributed by atoms with Crippen LogP contribution in [0, 0.1) is 19.7 Å². The maximum absolute atomic E-state index is 15.8. The molecule has 1 atom stereocenters. The zero-order chi connectivity index (χ0) is 35.2. The van der Waals surface area contributed by atoms with E-state index in [1.54, 1.807) is 13.1 Å². The van der Waals surface area contributed by atoms with Crippen molar-refractivity contribution in [1.29, 1.82) is 0 Å². The van der Waals surface area contributed by atoms with Crippen molar-refractivity contribution in [2.24, 2.45) is 7.05 Å². The maximum atomic E-state index is 15.8. The summed E-state index contributed by atoms with van der Waals surface area (Å²) in [5, 5.41) is 11.2. The number of carboxylic acids is 1. The number of hydrogen-bond donors (Lipinski definition) is 1. The number of benzene rings is 1. The number of aliphatic carboxylic acids is 1. The molecule has 262 valence electrons. The quantitative estimate of drug-likeness (QED) is 0.201. The second-order valence-corrected chi connectivity index (χ2v) is 14.3. The zero-order valence-electron chi connectivity index (χ0n) is 30.1. The van der Waals surface area contributed by atoms with Crippen LogP contribution in [0.1, 0.15) is 82.4 Å². The van der Waals surface area contributed by atoms with E-state index in [1.807, 2.05) is 51.4 Å². The van der Waals surface area contributed by atoms with Gasteiger partial charge in [0.1, 0.15) is 11.5 Å². The van der Waals surface area contributed by atoms with Crippen molar-refractivity contribution >= 4 is 22.8 Å². The third kappa shape index (κ3) is 6.62. The van der Waals surface area contributed by atoms with E-state index >= 15 is 4.39 Å². The van der Waals surface area contributed by atoms with Gasteiger partial charge in [-0.2, -0.15) is 0 Å². The Kier molecular flexibility index (Phi) is 9.70. The summed E-state index contributed by atoms with van der Waals surface area (Å²) in [7, 11) is 1.91. The second-order valence-electron chi connectivity index (χ2n) is 14.3. The molecule has 4 aromatic rings. The van der Waals surface area contributed by atoms with E-state index < -0.39 is 23.5 Å².